The molecular weight excluding hydrogens is 370 g/mol. The normalized spacial score (nSPS) is 13.7. The minimum atomic E-state index is -1.70. The smallest absolute Gasteiger partial charge is 0.327 e. The van der Waals surface area contributed by atoms with Crippen LogP contribution in [0.1, 0.15) is 31.9 Å². The summed E-state index contributed by atoms with van der Waals surface area (Å²) >= 11 is 0. The van der Waals surface area contributed by atoms with Crippen molar-refractivity contribution in [2.75, 3.05) is 20.3 Å². The molecule has 0 saturated carbocycles. The van der Waals surface area contributed by atoms with Crippen molar-refractivity contribution in [3.8, 4) is 0 Å². The molecule has 0 saturated heterocycles. The summed E-state index contributed by atoms with van der Waals surface area (Å²) in [5, 5.41) is 11.8. The summed E-state index contributed by atoms with van der Waals surface area (Å²) in [6.45, 7) is 3.18. The standard InChI is InChI=1S/C19H25NO8/c1-4-27-14(21)11-13(19(25)28-5-2)15(18(23)24)20-17(22)16(26-3)12-9-7-6-8-10-12/h6-10,13,15-16H,4-5,11H2,1-3H3,(H,20,22)(H,23,24)/t13-,15-,16-/m1/s1. The van der Waals surface area contributed by atoms with Crippen LogP contribution in [0.15, 0.2) is 30.3 Å². The molecule has 0 unspecified atom stereocenters. The highest BCUT2D eigenvalue weighted by atomic mass is 16.5. The quantitative estimate of drug-likeness (QED) is 0.533. The molecule has 28 heavy (non-hydrogen) atoms. The van der Waals surface area contributed by atoms with Gasteiger partial charge in [-0.3, -0.25) is 14.4 Å². The number of aliphatic carboxylic acids is 1. The maximum atomic E-state index is 12.6. The van der Waals surface area contributed by atoms with Gasteiger partial charge in [0.15, 0.2) is 6.10 Å². The van der Waals surface area contributed by atoms with E-state index in [1.165, 1.54) is 7.11 Å². The number of carboxylic acid groups (broad SMARTS) is 1. The highest BCUT2D eigenvalue weighted by molar-refractivity contribution is 5.92. The minimum Gasteiger partial charge on any atom is -0.480 e. The number of hydrogen-bond acceptors (Lipinski definition) is 7. The Morgan fingerprint density at radius 2 is 1.64 bits per heavy atom. The zero-order chi connectivity index (χ0) is 21.1. The molecule has 1 aromatic carbocycles. The lowest BCUT2D eigenvalue weighted by Gasteiger charge is -2.25. The van der Waals surface area contributed by atoms with Crippen LogP contribution in [0.25, 0.3) is 0 Å². The first-order valence-electron chi connectivity index (χ1n) is 8.78. The number of carbonyl (C=O) groups is 4. The molecule has 0 aliphatic heterocycles. The maximum Gasteiger partial charge on any atom is 0.327 e. The van der Waals surface area contributed by atoms with Crippen LogP contribution in [-0.2, 0) is 33.4 Å². The van der Waals surface area contributed by atoms with Crippen molar-refractivity contribution in [3.63, 3.8) is 0 Å². The Morgan fingerprint density at radius 3 is 2.14 bits per heavy atom. The van der Waals surface area contributed by atoms with Crippen LogP contribution >= 0.6 is 0 Å². The lowest BCUT2D eigenvalue weighted by atomic mass is 9.95. The predicted octanol–water partition coefficient (Wildman–Crippen LogP) is 1.08. The third-order valence-corrected chi connectivity index (χ3v) is 3.82. The monoisotopic (exact) mass is 395 g/mol. The van der Waals surface area contributed by atoms with E-state index < -0.39 is 48.3 Å². The van der Waals surface area contributed by atoms with Gasteiger partial charge in [0.1, 0.15) is 6.04 Å². The molecule has 0 bridgehead atoms. The molecule has 0 radical (unpaired) electrons. The van der Waals surface area contributed by atoms with Crippen molar-refractivity contribution in [1.29, 1.82) is 0 Å². The summed E-state index contributed by atoms with van der Waals surface area (Å²) in [6, 6.07) is 6.74. The molecule has 154 valence electrons. The number of methoxy groups -OCH3 is 1. The molecule has 1 aromatic rings. The van der Waals surface area contributed by atoms with E-state index in [0.29, 0.717) is 5.56 Å². The number of hydrogen-bond donors (Lipinski definition) is 2. The summed E-state index contributed by atoms with van der Waals surface area (Å²) in [7, 11) is 1.30. The number of esters is 2. The van der Waals surface area contributed by atoms with Gasteiger partial charge in [-0.2, -0.15) is 0 Å². The Bertz CT molecular complexity index is 676. The van der Waals surface area contributed by atoms with E-state index in [4.69, 9.17) is 14.2 Å². The van der Waals surface area contributed by atoms with Crippen LogP contribution in [0, 0.1) is 5.92 Å². The van der Waals surface area contributed by atoms with Crippen molar-refractivity contribution in [1.82, 2.24) is 5.32 Å². The molecule has 0 aliphatic carbocycles. The number of ether oxygens (including phenoxy) is 3. The third kappa shape index (κ3) is 6.66. The summed E-state index contributed by atoms with van der Waals surface area (Å²) in [4.78, 5) is 48.4. The fraction of sp³-hybridized carbons (Fsp3) is 0.474. The number of carboxylic acids is 1. The van der Waals surface area contributed by atoms with Gasteiger partial charge in [-0.25, -0.2) is 4.79 Å². The summed E-state index contributed by atoms with van der Waals surface area (Å²) in [6.07, 6.45) is -1.64. The Labute approximate surface area is 163 Å². The second-order valence-corrected chi connectivity index (χ2v) is 5.72. The molecule has 1 rings (SSSR count). The largest absolute Gasteiger partial charge is 0.480 e. The van der Waals surface area contributed by atoms with Crippen molar-refractivity contribution in [2.24, 2.45) is 5.92 Å². The zero-order valence-corrected chi connectivity index (χ0v) is 16.0. The van der Waals surface area contributed by atoms with Crippen molar-refractivity contribution < 1.29 is 38.5 Å². The van der Waals surface area contributed by atoms with Crippen molar-refractivity contribution in [3.05, 3.63) is 35.9 Å². The molecule has 1 amide bonds. The van der Waals surface area contributed by atoms with Gasteiger partial charge in [0, 0.05) is 7.11 Å². The number of nitrogens with one attached hydrogen (secondary N) is 1. The SMILES string of the molecule is CCOC(=O)C[C@@H](C(=O)OCC)[C@@H](NC(=O)[C@H](OC)c1ccccc1)C(=O)O. The second kappa shape index (κ2) is 11.7. The van der Waals surface area contributed by atoms with Gasteiger partial charge in [-0.05, 0) is 19.4 Å². The zero-order valence-electron chi connectivity index (χ0n) is 16.0. The van der Waals surface area contributed by atoms with E-state index >= 15 is 0 Å². The average Bonchev–Trinajstić information content (AvgIpc) is 2.66. The predicted molar refractivity (Wildman–Crippen MR) is 97.1 cm³/mol. The molecule has 0 aliphatic rings. The van der Waals surface area contributed by atoms with Gasteiger partial charge in [0.25, 0.3) is 5.91 Å². The van der Waals surface area contributed by atoms with E-state index in [-0.39, 0.29) is 13.2 Å². The summed E-state index contributed by atoms with van der Waals surface area (Å²) in [5.41, 5.74) is 0.504. The van der Waals surface area contributed by atoms with E-state index in [9.17, 15) is 24.3 Å². The average molecular weight is 395 g/mol. The van der Waals surface area contributed by atoms with Gasteiger partial charge >= 0.3 is 17.9 Å². The Hall–Kier alpha value is -2.94. The lowest BCUT2D eigenvalue weighted by molar-refractivity contribution is -0.160. The Morgan fingerprint density at radius 1 is 1.04 bits per heavy atom. The molecule has 9 heteroatoms. The lowest BCUT2D eigenvalue weighted by Crippen LogP contribution is -2.51. The molecule has 0 spiro atoms. The fourth-order valence-electron chi connectivity index (χ4n) is 2.57. The molecule has 9 nitrogen and oxygen atoms in total. The van der Waals surface area contributed by atoms with Crippen LogP contribution in [0.3, 0.4) is 0 Å². The second-order valence-electron chi connectivity index (χ2n) is 5.72. The fourth-order valence-corrected chi connectivity index (χ4v) is 2.57. The Kier molecular flexibility index (Phi) is 9.66. The van der Waals surface area contributed by atoms with Crippen LogP contribution in [0.2, 0.25) is 0 Å². The van der Waals surface area contributed by atoms with Gasteiger partial charge in [-0.1, -0.05) is 30.3 Å². The highest BCUT2D eigenvalue weighted by Gasteiger charge is 2.39. The number of amides is 1. The van der Waals surface area contributed by atoms with Crippen LogP contribution in [0.4, 0.5) is 0 Å². The highest BCUT2D eigenvalue weighted by Crippen LogP contribution is 2.19. The number of carbonyl (C=O) groups excluding carboxylic acids is 3. The van der Waals surface area contributed by atoms with Gasteiger partial charge in [0.05, 0.1) is 25.6 Å². The Balaban J connectivity index is 3.08. The first kappa shape index (κ1) is 23.1. The number of rotatable bonds is 11. The van der Waals surface area contributed by atoms with E-state index in [1.807, 2.05) is 0 Å². The first-order chi connectivity index (χ1) is 13.3. The van der Waals surface area contributed by atoms with Gasteiger partial charge < -0.3 is 24.6 Å². The van der Waals surface area contributed by atoms with E-state index in [2.05, 4.69) is 5.32 Å². The minimum absolute atomic E-state index is 0.0108. The van der Waals surface area contributed by atoms with Gasteiger partial charge in [-0.15, -0.1) is 0 Å². The molecule has 2 N–H and O–H groups in total. The van der Waals surface area contributed by atoms with Crippen molar-refractivity contribution in [2.45, 2.75) is 32.4 Å². The summed E-state index contributed by atoms with van der Waals surface area (Å²) < 4.78 is 14.8. The third-order valence-electron chi connectivity index (χ3n) is 3.82. The van der Waals surface area contributed by atoms with Crippen LogP contribution in [-0.4, -0.2) is 55.3 Å². The molecule has 0 heterocycles. The molecule has 3 atom stereocenters. The molecule has 0 fully saturated rings. The molecular formula is C19H25NO8. The van der Waals surface area contributed by atoms with E-state index in [1.54, 1.807) is 44.2 Å². The van der Waals surface area contributed by atoms with Crippen LogP contribution < -0.4 is 5.32 Å². The first-order valence-corrected chi connectivity index (χ1v) is 8.78. The summed E-state index contributed by atoms with van der Waals surface area (Å²) in [5.74, 6) is -5.39. The van der Waals surface area contributed by atoms with Crippen molar-refractivity contribution >= 4 is 23.8 Å². The number of benzene rings is 1. The van der Waals surface area contributed by atoms with E-state index in [0.717, 1.165) is 0 Å². The van der Waals surface area contributed by atoms with Gasteiger partial charge in [0.2, 0.25) is 0 Å². The van der Waals surface area contributed by atoms with Crippen LogP contribution in [0.5, 0.6) is 0 Å². The maximum absolute atomic E-state index is 12.6. The molecule has 0 aromatic heterocycles. The topological polar surface area (TPSA) is 128 Å².